The number of hydrogen-bond acceptors (Lipinski definition) is 2. The molecule has 1 aromatic carbocycles. The molecule has 3 heteroatoms. The second-order valence-corrected chi connectivity index (χ2v) is 5.41. The highest BCUT2D eigenvalue weighted by Crippen LogP contribution is 2.29. The molecule has 0 aliphatic heterocycles. The summed E-state index contributed by atoms with van der Waals surface area (Å²) in [5.74, 6) is 6.78. The quantitative estimate of drug-likeness (QED) is 0.852. The van der Waals surface area contributed by atoms with Gasteiger partial charge in [0.1, 0.15) is 0 Å². The van der Waals surface area contributed by atoms with Crippen LogP contribution in [0.15, 0.2) is 24.3 Å². The van der Waals surface area contributed by atoms with Gasteiger partial charge in [-0.05, 0) is 30.4 Å². The first-order valence-electron chi connectivity index (χ1n) is 7.21. The van der Waals surface area contributed by atoms with Crippen LogP contribution in [-0.2, 0) is 11.3 Å². The molecule has 0 aromatic heterocycles. The van der Waals surface area contributed by atoms with Crippen molar-refractivity contribution < 1.29 is 4.79 Å². The SMILES string of the molecule is CN(Cc1ccccc1C#CCN)C(=O)CC1CCC1. The summed E-state index contributed by atoms with van der Waals surface area (Å²) in [5.41, 5.74) is 7.46. The van der Waals surface area contributed by atoms with E-state index in [4.69, 9.17) is 5.73 Å². The van der Waals surface area contributed by atoms with Gasteiger partial charge >= 0.3 is 0 Å². The average molecular weight is 270 g/mol. The second kappa shape index (κ2) is 7.12. The third-order valence-corrected chi connectivity index (χ3v) is 3.86. The molecule has 0 bridgehead atoms. The maximum atomic E-state index is 12.1. The lowest BCUT2D eigenvalue weighted by molar-refractivity contribution is -0.132. The molecule has 0 unspecified atom stereocenters. The lowest BCUT2D eigenvalue weighted by Gasteiger charge is -2.27. The Balaban J connectivity index is 1.99. The molecule has 2 rings (SSSR count). The number of hydrogen-bond donors (Lipinski definition) is 1. The predicted octanol–water partition coefficient (Wildman–Crippen LogP) is 2.15. The van der Waals surface area contributed by atoms with Gasteiger partial charge in [-0.3, -0.25) is 4.79 Å². The van der Waals surface area contributed by atoms with Crippen molar-refractivity contribution in [1.29, 1.82) is 0 Å². The van der Waals surface area contributed by atoms with Crippen LogP contribution in [0.5, 0.6) is 0 Å². The van der Waals surface area contributed by atoms with Crippen molar-refractivity contribution in [3.8, 4) is 11.8 Å². The second-order valence-electron chi connectivity index (χ2n) is 5.41. The highest BCUT2D eigenvalue weighted by atomic mass is 16.2. The van der Waals surface area contributed by atoms with Gasteiger partial charge in [0.2, 0.25) is 5.91 Å². The molecular formula is C17H22N2O. The van der Waals surface area contributed by atoms with Crippen LogP contribution in [-0.4, -0.2) is 24.4 Å². The normalized spacial score (nSPS) is 14.1. The summed E-state index contributed by atoms with van der Waals surface area (Å²) in [6.45, 7) is 0.964. The zero-order chi connectivity index (χ0) is 14.4. The van der Waals surface area contributed by atoms with E-state index >= 15 is 0 Å². The van der Waals surface area contributed by atoms with Crippen molar-refractivity contribution in [2.75, 3.05) is 13.6 Å². The maximum Gasteiger partial charge on any atom is 0.222 e. The van der Waals surface area contributed by atoms with Crippen LogP contribution in [0.25, 0.3) is 0 Å². The lowest BCUT2D eigenvalue weighted by atomic mass is 9.83. The molecule has 0 atom stereocenters. The van der Waals surface area contributed by atoms with Crippen molar-refractivity contribution in [1.82, 2.24) is 4.90 Å². The summed E-state index contributed by atoms with van der Waals surface area (Å²) in [6, 6.07) is 7.93. The van der Waals surface area contributed by atoms with E-state index in [1.807, 2.05) is 31.3 Å². The van der Waals surface area contributed by atoms with Gasteiger partial charge < -0.3 is 10.6 Å². The fourth-order valence-electron chi connectivity index (χ4n) is 2.37. The first-order chi connectivity index (χ1) is 9.70. The highest BCUT2D eigenvalue weighted by molar-refractivity contribution is 5.76. The van der Waals surface area contributed by atoms with Crippen molar-refractivity contribution >= 4 is 5.91 Å². The Morgan fingerprint density at radius 2 is 2.15 bits per heavy atom. The van der Waals surface area contributed by atoms with Crippen LogP contribution < -0.4 is 5.73 Å². The van der Waals surface area contributed by atoms with Crippen molar-refractivity contribution in [2.45, 2.75) is 32.2 Å². The Morgan fingerprint density at radius 3 is 2.80 bits per heavy atom. The Kier molecular flexibility index (Phi) is 5.20. The van der Waals surface area contributed by atoms with Gasteiger partial charge in [-0.25, -0.2) is 0 Å². The zero-order valence-corrected chi connectivity index (χ0v) is 12.1. The maximum absolute atomic E-state index is 12.1. The van der Waals surface area contributed by atoms with E-state index in [0.717, 1.165) is 11.1 Å². The smallest absolute Gasteiger partial charge is 0.222 e. The molecule has 106 valence electrons. The monoisotopic (exact) mass is 270 g/mol. The standard InChI is InChI=1S/C17H22N2O/c1-19(17(20)12-14-6-4-7-14)13-16-9-3-2-8-15(16)10-5-11-18/h2-3,8-9,14H,4,6-7,11-13,18H2,1H3. The third kappa shape index (κ3) is 3.85. The fourth-order valence-corrected chi connectivity index (χ4v) is 2.37. The van der Waals surface area contributed by atoms with E-state index in [1.54, 1.807) is 4.90 Å². The Bertz CT molecular complexity index is 523. The fraction of sp³-hybridized carbons (Fsp3) is 0.471. The summed E-state index contributed by atoms with van der Waals surface area (Å²) in [7, 11) is 1.87. The van der Waals surface area contributed by atoms with E-state index in [0.29, 0.717) is 25.4 Å². The molecule has 20 heavy (non-hydrogen) atoms. The number of rotatable bonds is 4. The number of nitrogens with two attached hydrogens (primary N) is 1. The summed E-state index contributed by atoms with van der Waals surface area (Å²) >= 11 is 0. The summed E-state index contributed by atoms with van der Waals surface area (Å²) in [6.07, 6.45) is 4.38. The first-order valence-corrected chi connectivity index (χ1v) is 7.21. The van der Waals surface area contributed by atoms with Crippen LogP contribution in [0.1, 0.15) is 36.8 Å². The molecule has 0 radical (unpaired) electrons. The van der Waals surface area contributed by atoms with Gasteiger partial charge in [-0.1, -0.05) is 36.5 Å². The Morgan fingerprint density at radius 1 is 1.40 bits per heavy atom. The Hall–Kier alpha value is -1.79. The van der Waals surface area contributed by atoms with Crippen molar-refractivity contribution in [3.63, 3.8) is 0 Å². The molecule has 0 heterocycles. The summed E-state index contributed by atoms with van der Waals surface area (Å²) in [4.78, 5) is 14.0. The van der Waals surface area contributed by atoms with Crippen LogP contribution >= 0.6 is 0 Å². The van der Waals surface area contributed by atoms with Crippen molar-refractivity contribution in [2.24, 2.45) is 11.7 Å². The third-order valence-electron chi connectivity index (χ3n) is 3.86. The molecule has 1 amide bonds. The largest absolute Gasteiger partial charge is 0.341 e. The molecule has 1 saturated carbocycles. The molecule has 1 aliphatic rings. The van der Waals surface area contributed by atoms with Gasteiger partial charge in [0.25, 0.3) is 0 Å². The molecular weight excluding hydrogens is 248 g/mol. The minimum atomic E-state index is 0.233. The minimum Gasteiger partial charge on any atom is -0.341 e. The van der Waals surface area contributed by atoms with Gasteiger partial charge in [0, 0.05) is 25.6 Å². The van der Waals surface area contributed by atoms with Gasteiger partial charge in [-0.2, -0.15) is 0 Å². The average Bonchev–Trinajstić information content (AvgIpc) is 2.41. The van der Waals surface area contributed by atoms with E-state index < -0.39 is 0 Å². The van der Waals surface area contributed by atoms with E-state index in [2.05, 4.69) is 11.8 Å². The Labute approximate surface area is 121 Å². The number of amides is 1. The number of benzene rings is 1. The van der Waals surface area contributed by atoms with Crippen LogP contribution in [0.4, 0.5) is 0 Å². The molecule has 1 aromatic rings. The van der Waals surface area contributed by atoms with Crippen molar-refractivity contribution in [3.05, 3.63) is 35.4 Å². The summed E-state index contributed by atoms with van der Waals surface area (Å²) in [5, 5.41) is 0. The van der Waals surface area contributed by atoms with E-state index in [1.165, 1.54) is 19.3 Å². The van der Waals surface area contributed by atoms with Gasteiger partial charge in [0.05, 0.1) is 6.54 Å². The van der Waals surface area contributed by atoms with Crippen LogP contribution in [0, 0.1) is 17.8 Å². The molecule has 0 saturated heterocycles. The van der Waals surface area contributed by atoms with E-state index in [9.17, 15) is 4.79 Å². The number of carbonyl (C=O) groups excluding carboxylic acids is 1. The number of carbonyl (C=O) groups is 1. The predicted molar refractivity (Wildman–Crippen MR) is 80.8 cm³/mol. The van der Waals surface area contributed by atoms with Crippen LogP contribution in [0.3, 0.4) is 0 Å². The van der Waals surface area contributed by atoms with E-state index in [-0.39, 0.29) is 5.91 Å². The molecule has 3 nitrogen and oxygen atoms in total. The first kappa shape index (κ1) is 14.6. The molecule has 2 N–H and O–H groups in total. The number of nitrogens with zero attached hydrogens (tertiary/aromatic N) is 1. The highest BCUT2D eigenvalue weighted by Gasteiger charge is 2.22. The lowest BCUT2D eigenvalue weighted by Crippen LogP contribution is -2.29. The summed E-state index contributed by atoms with van der Waals surface area (Å²) < 4.78 is 0. The van der Waals surface area contributed by atoms with Crippen LogP contribution in [0.2, 0.25) is 0 Å². The van der Waals surface area contributed by atoms with Gasteiger partial charge in [0.15, 0.2) is 0 Å². The molecule has 1 fully saturated rings. The minimum absolute atomic E-state index is 0.233. The zero-order valence-electron chi connectivity index (χ0n) is 12.1. The topological polar surface area (TPSA) is 46.3 Å². The van der Waals surface area contributed by atoms with Gasteiger partial charge in [-0.15, -0.1) is 0 Å². The molecule has 0 spiro atoms. The molecule has 1 aliphatic carbocycles.